The van der Waals surface area contributed by atoms with E-state index in [2.05, 4.69) is 34.6 Å². The normalized spacial score (nSPS) is 15.8. The van der Waals surface area contributed by atoms with E-state index in [1.54, 1.807) is 0 Å². The fourth-order valence-electron chi connectivity index (χ4n) is 3.83. The number of benzene rings is 1. The lowest BCUT2D eigenvalue weighted by atomic mass is 9.96. The molecule has 0 unspecified atom stereocenters. The highest BCUT2D eigenvalue weighted by molar-refractivity contribution is 6.04. The third kappa shape index (κ3) is 5.32. The minimum atomic E-state index is -0.786. The van der Waals surface area contributed by atoms with Crippen LogP contribution in [0.4, 0.5) is 0 Å². The Bertz CT molecular complexity index is 809. The molecule has 0 atom stereocenters. The number of piperidine rings is 1. The number of aryl methyl sites for hydroxylation is 1. The van der Waals surface area contributed by atoms with Gasteiger partial charge in [0.15, 0.2) is 5.69 Å². The average molecular weight is 386 g/mol. The molecule has 3 N–H and O–H groups in total. The Morgan fingerprint density at radius 1 is 1.29 bits per heavy atom. The molecule has 1 aromatic heterocycles. The maximum atomic E-state index is 12.7. The smallest absolute Gasteiger partial charge is 0.317 e. The van der Waals surface area contributed by atoms with Crippen LogP contribution in [0.5, 0.6) is 0 Å². The van der Waals surface area contributed by atoms with Gasteiger partial charge < -0.3 is 10.4 Å². The van der Waals surface area contributed by atoms with Crippen LogP contribution in [0.15, 0.2) is 18.2 Å². The highest BCUT2D eigenvalue weighted by Crippen LogP contribution is 2.20. The van der Waals surface area contributed by atoms with E-state index >= 15 is 0 Å². The molecule has 1 amide bonds. The molecule has 0 aliphatic carbocycles. The predicted molar refractivity (Wildman–Crippen MR) is 108 cm³/mol. The fraction of sp³-hybridized carbons (Fsp3) is 0.571. The summed E-state index contributed by atoms with van der Waals surface area (Å²) in [6.45, 7) is 4.42. The third-order valence-electron chi connectivity index (χ3n) is 5.53. The van der Waals surface area contributed by atoms with E-state index < -0.39 is 5.97 Å². The number of carbonyl (C=O) groups excluding carboxylic acids is 1. The van der Waals surface area contributed by atoms with Gasteiger partial charge in [-0.05, 0) is 62.4 Å². The molecule has 7 nitrogen and oxygen atoms in total. The van der Waals surface area contributed by atoms with Crippen molar-refractivity contribution >= 4 is 22.8 Å². The number of aliphatic carboxylic acids is 1. The highest BCUT2D eigenvalue weighted by Gasteiger charge is 2.22. The summed E-state index contributed by atoms with van der Waals surface area (Å²) in [6.07, 6.45) is 6.37. The molecule has 28 heavy (non-hydrogen) atoms. The van der Waals surface area contributed by atoms with E-state index in [0.29, 0.717) is 18.2 Å². The van der Waals surface area contributed by atoms with Gasteiger partial charge in [0.2, 0.25) is 0 Å². The summed E-state index contributed by atoms with van der Waals surface area (Å²) in [5.41, 5.74) is 2.57. The zero-order chi connectivity index (χ0) is 19.9. The first-order valence-electron chi connectivity index (χ1n) is 10.3. The van der Waals surface area contributed by atoms with Crippen molar-refractivity contribution in [2.45, 2.75) is 45.4 Å². The molecule has 0 saturated carbocycles. The van der Waals surface area contributed by atoms with E-state index in [1.807, 2.05) is 11.0 Å². The Kier molecular flexibility index (Phi) is 7.03. The lowest BCUT2D eigenvalue weighted by molar-refractivity contribution is -0.138. The third-order valence-corrected chi connectivity index (χ3v) is 5.53. The minimum absolute atomic E-state index is 0.0962. The topological polar surface area (TPSA) is 98.3 Å². The number of carboxylic acid groups (broad SMARTS) is 1. The molecule has 1 aromatic carbocycles. The summed E-state index contributed by atoms with van der Waals surface area (Å²) in [7, 11) is 0. The minimum Gasteiger partial charge on any atom is -0.480 e. The van der Waals surface area contributed by atoms with Gasteiger partial charge in [-0.2, -0.15) is 5.10 Å². The second-order valence-electron chi connectivity index (χ2n) is 7.73. The van der Waals surface area contributed by atoms with Crippen molar-refractivity contribution in [1.82, 2.24) is 20.4 Å². The SMILES string of the molecule is CCCCCc1ccc2[nH]nc(C(=O)NCC3CCN(CC(=O)O)CC3)c2c1. The summed E-state index contributed by atoms with van der Waals surface area (Å²) >= 11 is 0. The summed E-state index contributed by atoms with van der Waals surface area (Å²) in [5.74, 6) is -0.556. The summed E-state index contributed by atoms with van der Waals surface area (Å²) < 4.78 is 0. The van der Waals surface area contributed by atoms with E-state index in [-0.39, 0.29) is 12.5 Å². The van der Waals surface area contributed by atoms with Crippen molar-refractivity contribution in [3.8, 4) is 0 Å². The number of nitrogens with zero attached hydrogens (tertiary/aromatic N) is 2. The monoisotopic (exact) mass is 386 g/mol. The molecule has 0 bridgehead atoms. The molecule has 1 aliphatic rings. The van der Waals surface area contributed by atoms with Gasteiger partial charge in [0.25, 0.3) is 5.91 Å². The maximum Gasteiger partial charge on any atom is 0.317 e. The standard InChI is InChI=1S/C21H30N4O3/c1-2-3-4-5-15-6-7-18-17(12-15)20(24-23-18)21(28)22-13-16-8-10-25(11-9-16)14-19(26)27/h6-7,12,16H,2-5,8-11,13-14H2,1H3,(H,22,28)(H,23,24)(H,26,27). The number of aromatic nitrogens is 2. The van der Waals surface area contributed by atoms with E-state index in [4.69, 9.17) is 5.11 Å². The molecular formula is C21H30N4O3. The first-order valence-corrected chi connectivity index (χ1v) is 10.3. The Balaban J connectivity index is 1.55. The van der Waals surface area contributed by atoms with Gasteiger partial charge in [-0.3, -0.25) is 19.6 Å². The largest absolute Gasteiger partial charge is 0.480 e. The number of aromatic amines is 1. The molecular weight excluding hydrogens is 356 g/mol. The Morgan fingerprint density at radius 2 is 2.07 bits per heavy atom. The fourth-order valence-corrected chi connectivity index (χ4v) is 3.83. The number of carboxylic acids is 1. The lowest BCUT2D eigenvalue weighted by Crippen LogP contribution is -2.40. The van der Waals surface area contributed by atoms with E-state index in [1.165, 1.54) is 18.4 Å². The van der Waals surface area contributed by atoms with Crippen LogP contribution in [-0.2, 0) is 11.2 Å². The van der Waals surface area contributed by atoms with Crippen LogP contribution in [-0.4, -0.2) is 58.3 Å². The molecule has 7 heteroatoms. The van der Waals surface area contributed by atoms with Gasteiger partial charge in [-0.1, -0.05) is 25.8 Å². The van der Waals surface area contributed by atoms with Crippen molar-refractivity contribution in [3.63, 3.8) is 0 Å². The van der Waals surface area contributed by atoms with Crippen LogP contribution in [0, 0.1) is 5.92 Å². The number of H-pyrrole nitrogens is 1. The zero-order valence-electron chi connectivity index (χ0n) is 16.5. The summed E-state index contributed by atoms with van der Waals surface area (Å²) in [5, 5.41) is 19.9. The average Bonchev–Trinajstić information content (AvgIpc) is 3.10. The van der Waals surface area contributed by atoms with Crippen LogP contribution in [0.1, 0.15) is 55.1 Å². The van der Waals surface area contributed by atoms with Gasteiger partial charge in [0.05, 0.1) is 12.1 Å². The second kappa shape index (κ2) is 9.68. The Hall–Kier alpha value is -2.41. The molecule has 1 saturated heterocycles. The van der Waals surface area contributed by atoms with E-state index in [0.717, 1.165) is 49.7 Å². The molecule has 1 aliphatic heterocycles. The number of unbranched alkanes of at least 4 members (excludes halogenated alkanes) is 2. The highest BCUT2D eigenvalue weighted by atomic mass is 16.4. The van der Waals surface area contributed by atoms with Gasteiger partial charge >= 0.3 is 5.97 Å². The zero-order valence-corrected chi connectivity index (χ0v) is 16.5. The number of amides is 1. The number of fused-ring (bicyclic) bond motifs is 1. The number of carbonyl (C=O) groups is 2. The van der Waals surface area contributed by atoms with Crippen molar-refractivity contribution in [1.29, 1.82) is 0 Å². The lowest BCUT2D eigenvalue weighted by Gasteiger charge is -2.30. The first-order chi connectivity index (χ1) is 13.6. The molecule has 152 valence electrons. The number of hydrogen-bond acceptors (Lipinski definition) is 4. The van der Waals surface area contributed by atoms with Gasteiger partial charge in [-0.15, -0.1) is 0 Å². The number of likely N-dealkylation sites (tertiary alicyclic amines) is 1. The van der Waals surface area contributed by atoms with Crippen LogP contribution >= 0.6 is 0 Å². The molecule has 3 rings (SSSR count). The predicted octanol–water partition coefficient (Wildman–Crippen LogP) is 2.82. The summed E-state index contributed by atoms with van der Waals surface area (Å²) in [4.78, 5) is 25.4. The molecule has 0 radical (unpaired) electrons. The molecule has 2 aromatic rings. The van der Waals surface area contributed by atoms with Crippen LogP contribution in [0.2, 0.25) is 0 Å². The molecule has 2 heterocycles. The number of nitrogens with one attached hydrogen (secondary N) is 2. The van der Waals surface area contributed by atoms with Crippen molar-refractivity contribution in [2.24, 2.45) is 5.92 Å². The quantitative estimate of drug-likeness (QED) is 0.576. The Morgan fingerprint density at radius 3 is 2.79 bits per heavy atom. The van der Waals surface area contributed by atoms with Gasteiger partial charge in [0.1, 0.15) is 0 Å². The van der Waals surface area contributed by atoms with Crippen molar-refractivity contribution in [3.05, 3.63) is 29.5 Å². The van der Waals surface area contributed by atoms with Crippen molar-refractivity contribution in [2.75, 3.05) is 26.2 Å². The van der Waals surface area contributed by atoms with Gasteiger partial charge in [0, 0.05) is 11.9 Å². The molecule has 0 spiro atoms. The first kappa shape index (κ1) is 20.3. The summed E-state index contributed by atoms with van der Waals surface area (Å²) in [6, 6.07) is 6.18. The van der Waals surface area contributed by atoms with E-state index in [9.17, 15) is 9.59 Å². The number of hydrogen-bond donors (Lipinski definition) is 3. The van der Waals surface area contributed by atoms with Crippen LogP contribution in [0.3, 0.4) is 0 Å². The maximum absolute atomic E-state index is 12.7. The van der Waals surface area contributed by atoms with Crippen LogP contribution in [0.25, 0.3) is 10.9 Å². The number of rotatable bonds is 9. The van der Waals surface area contributed by atoms with Crippen LogP contribution < -0.4 is 5.32 Å². The molecule has 1 fully saturated rings. The second-order valence-corrected chi connectivity index (χ2v) is 7.73. The van der Waals surface area contributed by atoms with Gasteiger partial charge in [-0.25, -0.2) is 0 Å². The van der Waals surface area contributed by atoms with Crippen molar-refractivity contribution < 1.29 is 14.7 Å². The Labute approximate surface area is 165 Å².